The van der Waals surface area contributed by atoms with Gasteiger partial charge in [0, 0.05) is 47.3 Å². The Labute approximate surface area is 200 Å². The minimum absolute atomic E-state index is 0.00195. The first-order valence-electron chi connectivity index (χ1n) is 11.1. The van der Waals surface area contributed by atoms with Gasteiger partial charge in [0.05, 0.1) is 11.4 Å². The SMILES string of the molecule is C=C1/C(=C\C=C(/C)Cl)N(C(=O)c2ccc(CNC(=O)C(C)C)c(C)c2)CCc2[nH]c(C)nc21. The van der Waals surface area contributed by atoms with Gasteiger partial charge in [0.2, 0.25) is 5.91 Å². The van der Waals surface area contributed by atoms with Crippen LogP contribution >= 0.6 is 11.6 Å². The Bertz CT molecular complexity index is 1150. The molecule has 0 saturated carbocycles. The first kappa shape index (κ1) is 24.5. The van der Waals surface area contributed by atoms with Crippen molar-refractivity contribution in [2.45, 2.75) is 47.6 Å². The van der Waals surface area contributed by atoms with E-state index in [0.717, 1.165) is 28.3 Å². The maximum Gasteiger partial charge on any atom is 0.258 e. The summed E-state index contributed by atoms with van der Waals surface area (Å²) in [5, 5.41) is 3.53. The maximum atomic E-state index is 13.6. The largest absolute Gasteiger partial charge is 0.352 e. The number of rotatable bonds is 5. The molecule has 0 aliphatic carbocycles. The fourth-order valence-electron chi connectivity index (χ4n) is 3.76. The first-order chi connectivity index (χ1) is 15.6. The molecule has 1 aliphatic heterocycles. The lowest BCUT2D eigenvalue weighted by molar-refractivity contribution is -0.124. The predicted octanol–water partition coefficient (Wildman–Crippen LogP) is 5.04. The molecule has 0 saturated heterocycles. The molecular formula is C26H31ClN4O2. The maximum absolute atomic E-state index is 13.6. The molecule has 0 fully saturated rings. The van der Waals surface area contributed by atoms with E-state index >= 15 is 0 Å². The molecule has 0 radical (unpaired) electrons. The van der Waals surface area contributed by atoms with Crippen LogP contribution < -0.4 is 5.32 Å². The lowest BCUT2D eigenvalue weighted by Crippen LogP contribution is -2.32. The van der Waals surface area contributed by atoms with Crippen LogP contribution in [0, 0.1) is 19.8 Å². The van der Waals surface area contributed by atoms with Crippen molar-refractivity contribution >= 4 is 29.0 Å². The average molecular weight is 467 g/mol. The molecule has 33 heavy (non-hydrogen) atoms. The second-order valence-corrected chi connectivity index (χ2v) is 9.25. The van der Waals surface area contributed by atoms with Crippen LogP contribution in [0.15, 0.2) is 47.7 Å². The van der Waals surface area contributed by atoms with Gasteiger partial charge in [-0.15, -0.1) is 0 Å². The van der Waals surface area contributed by atoms with Gasteiger partial charge in [-0.1, -0.05) is 38.1 Å². The van der Waals surface area contributed by atoms with Crippen molar-refractivity contribution in [3.05, 3.63) is 81.6 Å². The Morgan fingerprint density at radius 1 is 1.33 bits per heavy atom. The molecular weight excluding hydrogens is 436 g/mol. The molecule has 0 bridgehead atoms. The van der Waals surface area contributed by atoms with E-state index in [4.69, 9.17) is 11.6 Å². The van der Waals surface area contributed by atoms with Gasteiger partial charge in [0.15, 0.2) is 0 Å². The van der Waals surface area contributed by atoms with E-state index in [-0.39, 0.29) is 17.7 Å². The van der Waals surface area contributed by atoms with Crippen LogP contribution in [0.1, 0.15) is 59.5 Å². The van der Waals surface area contributed by atoms with Crippen LogP contribution in [-0.4, -0.2) is 33.2 Å². The summed E-state index contributed by atoms with van der Waals surface area (Å²) in [6.45, 7) is 14.5. The molecule has 0 unspecified atom stereocenters. The predicted molar refractivity (Wildman–Crippen MR) is 133 cm³/mol. The molecule has 2 aromatic rings. The van der Waals surface area contributed by atoms with E-state index in [9.17, 15) is 9.59 Å². The summed E-state index contributed by atoms with van der Waals surface area (Å²) in [6, 6.07) is 5.58. The van der Waals surface area contributed by atoms with Gasteiger partial charge < -0.3 is 15.2 Å². The summed E-state index contributed by atoms with van der Waals surface area (Å²) < 4.78 is 0. The monoisotopic (exact) mass is 466 g/mol. The average Bonchev–Trinajstić information content (AvgIpc) is 3.08. The van der Waals surface area contributed by atoms with Crippen molar-refractivity contribution in [1.82, 2.24) is 20.2 Å². The normalized spacial score (nSPS) is 15.6. The molecule has 6 nitrogen and oxygen atoms in total. The van der Waals surface area contributed by atoms with E-state index in [2.05, 4.69) is 21.9 Å². The van der Waals surface area contributed by atoms with Crippen molar-refractivity contribution in [2.75, 3.05) is 6.54 Å². The second kappa shape index (κ2) is 10.2. The highest BCUT2D eigenvalue weighted by molar-refractivity contribution is 6.29. The topological polar surface area (TPSA) is 78.1 Å². The summed E-state index contributed by atoms with van der Waals surface area (Å²) in [5.74, 6) is 0.629. The number of nitrogens with one attached hydrogen (secondary N) is 2. The van der Waals surface area contributed by atoms with Gasteiger partial charge in [0.1, 0.15) is 5.82 Å². The molecule has 7 heteroatoms. The number of aromatic nitrogens is 2. The summed E-state index contributed by atoms with van der Waals surface area (Å²) in [7, 11) is 0. The second-order valence-electron chi connectivity index (χ2n) is 8.65. The number of H-pyrrole nitrogens is 1. The van der Waals surface area contributed by atoms with E-state index in [1.54, 1.807) is 17.9 Å². The highest BCUT2D eigenvalue weighted by atomic mass is 35.5. The fraction of sp³-hybridized carbons (Fsp3) is 0.346. The summed E-state index contributed by atoms with van der Waals surface area (Å²) >= 11 is 6.08. The molecule has 1 aromatic heterocycles. The standard InChI is InChI=1S/C26H31ClN4O2/c1-15(2)25(32)28-14-21-9-8-20(13-16(21)3)26(33)31-12-11-22-24(30-19(6)29-22)18(5)23(31)10-7-17(4)27/h7-10,13,15H,5,11-12,14H2,1-4,6H3,(H,28,32)(H,29,30)/b17-7+,23-10+. The molecule has 2 amide bonds. The number of halogens is 1. The Morgan fingerprint density at radius 2 is 2.06 bits per heavy atom. The van der Waals surface area contributed by atoms with Gasteiger partial charge >= 0.3 is 0 Å². The van der Waals surface area contributed by atoms with Crippen LogP contribution in [0.5, 0.6) is 0 Å². The number of benzene rings is 1. The third-order valence-electron chi connectivity index (χ3n) is 5.65. The van der Waals surface area contributed by atoms with Gasteiger partial charge in [-0.25, -0.2) is 4.98 Å². The number of carbonyl (C=O) groups excluding carboxylic acids is 2. The molecule has 2 N–H and O–H groups in total. The number of allylic oxidation sites excluding steroid dienone is 4. The number of hydrogen-bond acceptors (Lipinski definition) is 3. The van der Waals surface area contributed by atoms with Gasteiger partial charge in [0.25, 0.3) is 5.91 Å². The quantitative estimate of drug-likeness (QED) is 0.648. The van der Waals surface area contributed by atoms with Crippen molar-refractivity contribution in [2.24, 2.45) is 5.92 Å². The van der Waals surface area contributed by atoms with E-state index in [1.807, 2.05) is 52.0 Å². The number of aromatic amines is 1. The zero-order valence-electron chi connectivity index (χ0n) is 19.9. The molecule has 3 rings (SSSR count). The van der Waals surface area contributed by atoms with Crippen molar-refractivity contribution < 1.29 is 9.59 Å². The molecule has 2 heterocycles. The molecule has 1 aliphatic rings. The number of amides is 2. The van der Waals surface area contributed by atoms with Crippen LogP contribution in [0.4, 0.5) is 0 Å². The lowest BCUT2D eigenvalue weighted by atomic mass is 10.0. The lowest BCUT2D eigenvalue weighted by Gasteiger charge is -2.24. The van der Waals surface area contributed by atoms with Crippen molar-refractivity contribution in [1.29, 1.82) is 0 Å². The third-order valence-corrected chi connectivity index (χ3v) is 5.78. The number of imidazole rings is 1. The van der Waals surface area contributed by atoms with E-state index in [0.29, 0.717) is 41.4 Å². The molecule has 174 valence electrons. The number of fused-ring (bicyclic) bond motifs is 1. The Hall–Kier alpha value is -3.12. The highest BCUT2D eigenvalue weighted by Crippen LogP contribution is 2.31. The van der Waals surface area contributed by atoms with Crippen LogP contribution in [-0.2, 0) is 17.8 Å². The number of carbonyl (C=O) groups is 2. The number of nitrogens with zero attached hydrogens (tertiary/aromatic N) is 2. The van der Waals surface area contributed by atoms with Crippen LogP contribution in [0.2, 0.25) is 0 Å². The molecule has 0 spiro atoms. The summed E-state index contributed by atoms with van der Waals surface area (Å²) in [6.07, 6.45) is 4.23. The summed E-state index contributed by atoms with van der Waals surface area (Å²) in [5.41, 5.74) is 5.61. The van der Waals surface area contributed by atoms with Crippen LogP contribution in [0.3, 0.4) is 0 Å². The first-order valence-corrected chi connectivity index (χ1v) is 11.4. The zero-order chi connectivity index (χ0) is 24.3. The van der Waals surface area contributed by atoms with Gasteiger partial charge in [-0.05, 0) is 56.2 Å². The molecule has 1 aromatic carbocycles. The Morgan fingerprint density at radius 3 is 2.70 bits per heavy atom. The number of aryl methyl sites for hydroxylation is 2. The number of hydrogen-bond donors (Lipinski definition) is 2. The fourth-order valence-corrected chi connectivity index (χ4v) is 3.83. The zero-order valence-corrected chi connectivity index (χ0v) is 20.6. The van der Waals surface area contributed by atoms with Crippen LogP contribution in [0.25, 0.3) is 5.57 Å². The van der Waals surface area contributed by atoms with Crippen molar-refractivity contribution in [3.8, 4) is 0 Å². The Kier molecular flexibility index (Phi) is 7.59. The third kappa shape index (κ3) is 5.63. The smallest absolute Gasteiger partial charge is 0.258 e. The van der Waals surface area contributed by atoms with E-state index in [1.165, 1.54) is 0 Å². The van der Waals surface area contributed by atoms with E-state index < -0.39 is 0 Å². The molecule has 0 atom stereocenters. The minimum atomic E-state index is -0.120. The van der Waals surface area contributed by atoms with Gasteiger partial charge in [-0.2, -0.15) is 0 Å². The van der Waals surface area contributed by atoms with Crippen molar-refractivity contribution in [3.63, 3.8) is 0 Å². The highest BCUT2D eigenvalue weighted by Gasteiger charge is 2.28. The van der Waals surface area contributed by atoms with Gasteiger partial charge in [-0.3, -0.25) is 9.59 Å². The minimum Gasteiger partial charge on any atom is -0.352 e. The summed E-state index contributed by atoms with van der Waals surface area (Å²) in [4.78, 5) is 35.1. The Balaban J connectivity index is 1.91.